The van der Waals surface area contributed by atoms with Crippen molar-refractivity contribution < 1.29 is 18.8 Å². The molecule has 7 heteroatoms. The quantitative estimate of drug-likeness (QED) is 0.672. The molecule has 148 valence electrons. The van der Waals surface area contributed by atoms with Crippen LogP contribution >= 0.6 is 0 Å². The average Bonchev–Trinajstić information content (AvgIpc) is 3.15. The molecule has 0 aliphatic carbocycles. The number of amides is 3. The van der Waals surface area contributed by atoms with Crippen molar-refractivity contribution in [2.45, 2.75) is 20.4 Å². The molecular formula is C23H17N3O4. The number of nitriles is 1. The summed E-state index contributed by atoms with van der Waals surface area (Å²) in [5.74, 6) is -0.783. The molecule has 0 saturated carbocycles. The Morgan fingerprint density at radius 1 is 1.07 bits per heavy atom. The number of nitrogens with one attached hydrogen (secondary N) is 1. The molecule has 2 heterocycles. The zero-order chi connectivity index (χ0) is 21.4. The number of imide groups is 1. The number of fused-ring (bicyclic) bond motifs is 1. The van der Waals surface area contributed by atoms with Crippen LogP contribution in [-0.4, -0.2) is 22.6 Å². The van der Waals surface area contributed by atoms with E-state index in [-0.39, 0.29) is 34.7 Å². The van der Waals surface area contributed by atoms with Crippen LogP contribution in [0.5, 0.6) is 0 Å². The Bertz CT molecular complexity index is 1240. The van der Waals surface area contributed by atoms with E-state index in [0.29, 0.717) is 11.3 Å². The van der Waals surface area contributed by atoms with Gasteiger partial charge in [-0.2, -0.15) is 5.26 Å². The van der Waals surface area contributed by atoms with Crippen molar-refractivity contribution in [1.29, 1.82) is 5.26 Å². The highest BCUT2D eigenvalue weighted by Gasteiger charge is 2.36. The molecule has 4 rings (SSSR count). The number of nitrogens with zero attached hydrogens (tertiary/aromatic N) is 2. The SMILES string of the molecule is Cc1oc(NC(=O)c2ccc3c(c2)C(=O)N(Cc2ccccc2)C3=O)c(C#N)c1C. The maximum Gasteiger partial charge on any atom is 0.261 e. The van der Waals surface area contributed by atoms with Gasteiger partial charge in [0.25, 0.3) is 17.7 Å². The van der Waals surface area contributed by atoms with Gasteiger partial charge >= 0.3 is 0 Å². The molecule has 0 fully saturated rings. The Balaban J connectivity index is 1.59. The second kappa shape index (κ2) is 7.33. The molecule has 0 spiro atoms. The first-order valence-corrected chi connectivity index (χ1v) is 9.26. The largest absolute Gasteiger partial charge is 0.444 e. The normalized spacial score (nSPS) is 12.6. The summed E-state index contributed by atoms with van der Waals surface area (Å²) in [5.41, 5.74) is 2.36. The number of furan rings is 1. The van der Waals surface area contributed by atoms with E-state index in [4.69, 9.17) is 4.42 Å². The first kappa shape index (κ1) is 19.2. The third kappa shape index (κ3) is 3.14. The lowest BCUT2D eigenvalue weighted by molar-refractivity contribution is 0.0642. The summed E-state index contributed by atoms with van der Waals surface area (Å²) in [7, 11) is 0. The van der Waals surface area contributed by atoms with Gasteiger partial charge in [0.2, 0.25) is 5.88 Å². The van der Waals surface area contributed by atoms with Gasteiger partial charge in [0.15, 0.2) is 0 Å². The van der Waals surface area contributed by atoms with Crippen LogP contribution in [0.25, 0.3) is 0 Å². The van der Waals surface area contributed by atoms with Crippen molar-refractivity contribution in [3.8, 4) is 6.07 Å². The summed E-state index contributed by atoms with van der Waals surface area (Å²) < 4.78 is 5.46. The molecule has 1 aromatic heterocycles. The van der Waals surface area contributed by atoms with Gasteiger partial charge in [0.1, 0.15) is 17.4 Å². The topological polar surface area (TPSA) is 103 Å². The summed E-state index contributed by atoms with van der Waals surface area (Å²) in [6.07, 6.45) is 0. The second-order valence-electron chi connectivity index (χ2n) is 7.00. The van der Waals surface area contributed by atoms with Crippen LogP contribution in [0, 0.1) is 25.2 Å². The molecule has 0 bridgehead atoms. The van der Waals surface area contributed by atoms with E-state index in [1.54, 1.807) is 13.8 Å². The maximum atomic E-state index is 12.8. The minimum absolute atomic E-state index is 0.0612. The molecule has 30 heavy (non-hydrogen) atoms. The van der Waals surface area contributed by atoms with Crippen molar-refractivity contribution in [1.82, 2.24) is 4.90 Å². The Morgan fingerprint density at radius 3 is 2.47 bits per heavy atom. The van der Waals surface area contributed by atoms with E-state index in [0.717, 1.165) is 10.5 Å². The van der Waals surface area contributed by atoms with Crippen LogP contribution in [0.15, 0.2) is 52.9 Å². The Kier molecular flexibility index (Phi) is 4.68. The Labute approximate surface area is 172 Å². The smallest absolute Gasteiger partial charge is 0.261 e. The van der Waals surface area contributed by atoms with Gasteiger partial charge in [-0.25, -0.2) is 0 Å². The van der Waals surface area contributed by atoms with Crippen molar-refractivity contribution in [3.63, 3.8) is 0 Å². The lowest BCUT2D eigenvalue weighted by Gasteiger charge is -2.13. The first-order chi connectivity index (χ1) is 14.4. The van der Waals surface area contributed by atoms with Crippen molar-refractivity contribution in [3.05, 3.63) is 87.7 Å². The van der Waals surface area contributed by atoms with Crippen LogP contribution in [0.2, 0.25) is 0 Å². The molecule has 0 atom stereocenters. The number of aryl methyl sites for hydroxylation is 1. The number of hydrogen-bond donors (Lipinski definition) is 1. The third-order valence-electron chi connectivity index (χ3n) is 5.14. The van der Waals surface area contributed by atoms with Gasteiger partial charge < -0.3 is 4.42 Å². The lowest BCUT2D eigenvalue weighted by atomic mass is 10.1. The van der Waals surface area contributed by atoms with Gasteiger partial charge in [0.05, 0.1) is 17.7 Å². The Hall–Kier alpha value is -4.18. The van der Waals surface area contributed by atoms with E-state index in [1.807, 2.05) is 36.4 Å². The molecule has 0 unspecified atom stereocenters. The molecule has 0 radical (unpaired) electrons. The van der Waals surface area contributed by atoms with Gasteiger partial charge in [-0.05, 0) is 37.6 Å². The highest BCUT2D eigenvalue weighted by molar-refractivity contribution is 6.22. The number of carbonyl (C=O) groups excluding carboxylic acids is 3. The monoisotopic (exact) mass is 399 g/mol. The van der Waals surface area contributed by atoms with E-state index >= 15 is 0 Å². The molecular weight excluding hydrogens is 382 g/mol. The van der Waals surface area contributed by atoms with Gasteiger partial charge in [0, 0.05) is 11.1 Å². The zero-order valence-electron chi connectivity index (χ0n) is 16.4. The minimum atomic E-state index is -0.537. The van der Waals surface area contributed by atoms with Gasteiger partial charge in [-0.15, -0.1) is 0 Å². The number of carbonyl (C=O) groups is 3. The standard InChI is InChI=1S/C23H17N3O4/c1-13-14(2)30-21(19(13)11-24)25-20(27)16-8-9-17-18(10-16)23(29)26(22(17)28)12-15-6-4-3-5-7-15/h3-10H,12H2,1-2H3,(H,25,27). The molecule has 0 saturated heterocycles. The number of benzene rings is 2. The minimum Gasteiger partial charge on any atom is -0.444 e. The van der Waals surface area contributed by atoms with Crippen LogP contribution in [0.4, 0.5) is 5.88 Å². The average molecular weight is 399 g/mol. The summed E-state index contributed by atoms with van der Waals surface area (Å²) in [4.78, 5) is 39.3. The van der Waals surface area contributed by atoms with Crippen LogP contribution in [0.1, 0.15) is 53.5 Å². The van der Waals surface area contributed by atoms with Crippen LogP contribution in [-0.2, 0) is 6.54 Å². The van der Waals surface area contributed by atoms with Crippen molar-refractivity contribution in [2.75, 3.05) is 5.32 Å². The third-order valence-corrected chi connectivity index (χ3v) is 5.14. The van der Waals surface area contributed by atoms with E-state index in [1.165, 1.54) is 18.2 Å². The van der Waals surface area contributed by atoms with Crippen LogP contribution in [0.3, 0.4) is 0 Å². The van der Waals surface area contributed by atoms with Gasteiger partial charge in [-0.1, -0.05) is 30.3 Å². The lowest BCUT2D eigenvalue weighted by Crippen LogP contribution is -2.29. The highest BCUT2D eigenvalue weighted by Crippen LogP contribution is 2.28. The second-order valence-corrected chi connectivity index (χ2v) is 7.00. The summed E-state index contributed by atoms with van der Waals surface area (Å²) >= 11 is 0. The predicted octanol–water partition coefficient (Wildman–Crippen LogP) is 3.82. The summed E-state index contributed by atoms with van der Waals surface area (Å²) in [5, 5.41) is 11.9. The fourth-order valence-electron chi connectivity index (χ4n) is 3.37. The highest BCUT2D eigenvalue weighted by atomic mass is 16.4. The molecule has 1 aliphatic rings. The number of hydrogen-bond acceptors (Lipinski definition) is 5. The van der Waals surface area contributed by atoms with E-state index < -0.39 is 17.7 Å². The molecule has 1 aliphatic heterocycles. The van der Waals surface area contributed by atoms with Crippen molar-refractivity contribution >= 4 is 23.6 Å². The number of rotatable bonds is 4. The predicted molar refractivity (Wildman–Crippen MR) is 108 cm³/mol. The fourth-order valence-corrected chi connectivity index (χ4v) is 3.37. The molecule has 1 N–H and O–H groups in total. The number of anilines is 1. The summed E-state index contributed by atoms with van der Waals surface area (Å²) in [6, 6.07) is 15.6. The zero-order valence-corrected chi connectivity index (χ0v) is 16.4. The molecule has 3 amide bonds. The maximum absolute atomic E-state index is 12.8. The molecule has 2 aromatic carbocycles. The first-order valence-electron chi connectivity index (χ1n) is 9.26. The fraction of sp³-hybridized carbons (Fsp3) is 0.130. The summed E-state index contributed by atoms with van der Waals surface area (Å²) in [6.45, 7) is 3.59. The molecule has 7 nitrogen and oxygen atoms in total. The van der Waals surface area contributed by atoms with Crippen LogP contribution < -0.4 is 5.32 Å². The van der Waals surface area contributed by atoms with Gasteiger partial charge in [-0.3, -0.25) is 24.6 Å². The van der Waals surface area contributed by atoms with E-state index in [9.17, 15) is 19.6 Å². The molecule has 3 aromatic rings. The Morgan fingerprint density at radius 2 is 1.77 bits per heavy atom. The van der Waals surface area contributed by atoms with E-state index in [2.05, 4.69) is 5.32 Å². The van der Waals surface area contributed by atoms with Crippen molar-refractivity contribution in [2.24, 2.45) is 0 Å².